The second-order valence-corrected chi connectivity index (χ2v) is 6.63. The topological polar surface area (TPSA) is 35.5 Å². The van der Waals surface area contributed by atoms with Gasteiger partial charge in [-0.2, -0.15) is 0 Å². The molecule has 0 heterocycles. The molecular formula is C13H13Br3O3. The van der Waals surface area contributed by atoms with Crippen LogP contribution in [0.5, 0.6) is 5.75 Å². The van der Waals surface area contributed by atoms with E-state index in [1.807, 2.05) is 19.1 Å². The Morgan fingerprint density at radius 2 is 1.84 bits per heavy atom. The van der Waals surface area contributed by atoms with Crippen LogP contribution in [0.3, 0.4) is 0 Å². The van der Waals surface area contributed by atoms with Crippen molar-refractivity contribution in [2.45, 2.75) is 20.0 Å². The summed E-state index contributed by atoms with van der Waals surface area (Å²) in [5.74, 6) is 0.256. The summed E-state index contributed by atoms with van der Waals surface area (Å²) in [7, 11) is 0. The predicted molar refractivity (Wildman–Crippen MR) is 85.4 cm³/mol. The zero-order valence-corrected chi connectivity index (χ0v) is 15.3. The molecule has 0 aliphatic heterocycles. The van der Waals surface area contributed by atoms with E-state index in [0.29, 0.717) is 11.3 Å². The first kappa shape index (κ1) is 16.7. The van der Waals surface area contributed by atoms with Gasteiger partial charge in [-0.1, -0.05) is 22.5 Å². The average Bonchev–Trinajstić information content (AvgIpc) is 2.30. The van der Waals surface area contributed by atoms with E-state index in [4.69, 9.17) is 9.47 Å². The molecular weight excluding hydrogens is 444 g/mol. The van der Waals surface area contributed by atoms with Crippen molar-refractivity contribution in [1.82, 2.24) is 0 Å². The van der Waals surface area contributed by atoms with E-state index >= 15 is 0 Å². The lowest BCUT2D eigenvalue weighted by Crippen LogP contribution is -2.22. The molecule has 6 heteroatoms. The summed E-state index contributed by atoms with van der Waals surface area (Å²) in [5.41, 5.74) is 0.373. The Bertz CT molecular complexity index is 477. The molecule has 1 atom stereocenters. The standard InChI is InChI=1S/C13H13Br3O3/c1-7(2)13(17)18-6-8(3)19-12-10(15)4-9(14)5-11(12)16/h4-5,8H,1,6H2,2-3H3. The van der Waals surface area contributed by atoms with Gasteiger partial charge in [-0.05, 0) is 57.8 Å². The van der Waals surface area contributed by atoms with Gasteiger partial charge >= 0.3 is 5.97 Å². The van der Waals surface area contributed by atoms with E-state index < -0.39 is 5.97 Å². The molecule has 0 aliphatic rings. The average molecular weight is 457 g/mol. The van der Waals surface area contributed by atoms with E-state index in [0.717, 1.165) is 13.4 Å². The molecule has 0 saturated carbocycles. The van der Waals surface area contributed by atoms with E-state index in [-0.39, 0.29) is 12.7 Å². The zero-order valence-electron chi connectivity index (χ0n) is 10.5. The van der Waals surface area contributed by atoms with Gasteiger partial charge in [0.05, 0.1) is 8.95 Å². The summed E-state index contributed by atoms with van der Waals surface area (Å²) >= 11 is 10.2. The Morgan fingerprint density at radius 1 is 1.32 bits per heavy atom. The van der Waals surface area contributed by atoms with Crippen molar-refractivity contribution >= 4 is 53.8 Å². The summed E-state index contributed by atoms with van der Waals surface area (Å²) in [6.07, 6.45) is -0.267. The third-order valence-electron chi connectivity index (χ3n) is 2.08. The molecule has 1 unspecified atom stereocenters. The predicted octanol–water partition coefficient (Wildman–Crippen LogP) is 4.86. The highest BCUT2D eigenvalue weighted by molar-refractivity contribution is 9.11. The van der Waals surface area contributed by atoms with E-state index in [2.05, 4.69) is 54.4 Å². The molecule has 0 amide bonds. The van der Waals surface area contributed by atoms with Crippen LogP contribution >= 0.6 is 47.8 Å². The minimum absolute atomic E-state index is 0.167. The summed E-state index contributed by atoms with van der Waals surface area (Å²) in [4.78, 5) is 11.3. The summed E-state index contributed by atoms with van der Waals surface area (Å²) < 4.78 is 13.3. The van der Waals surface area contributed by atoms with Crippen molar-refractivity contribution in [2.24, 2.45) is 0 Å². The van der Waals surface area contributed by atoms with Gasteiger partial charge < -0.3 is 9.47 Å². The number of carbonyl (C=O) groups excluding carboxylic acids is 1. The van der Waals surface area contributed by atoms with Gasteiger partial charge in [-0.3, -0.25) is 0 Å². The molecule has 0 spiro atoms. The van der Waals surface area contributed by atoms with Crippen LogP contribution in [0.15, 0.2) is 37.7 Å². The molecule has 0 N–H and O–H groups in total. The van der Waals surface area contributed by atoms with Crippen LogP contribution in [0.25, 0.3) is 0 Å². The first-order chi connectivity index (χ1) is 8.81. The summed E-state index contributed by atoms with van der Waals surface area (Å²) in [5, 5.41) is 0. The number of ether oxygens (including phenoxy) is 2. The van der Waals surface area contributed by atoms with Crippen LogP contribution in [-0.4, -0.2) is 18.7 Å². The first-order valence-electron chi connectivity index (χ1n) is 5.45. The van der Waals surface area contributed by atoms with Crippen LogP contribution in [-0.2, 0) is 9.53 Å². The molecule has 1 aromatic rings. The van der Waals surface area contributed by atoms with Gasteiger partial charge in [0.2, 0.25) is 0 Å². The number of esters is 1. The molecule has 0 radical (unpaired) electrons. The minimum atomic E-state index is -0.413. The number of hydrogen-bond acceptors (Lipinski definition) is 3. The van der Waals surface area contributed by atoms with E-state index in [1.165, 1.54) is 0 Å². The second kappa shape index (κ2) is 7.45. The molecule has 0 fully saturated rings. The normalized spacial score (nSPS) is 11.8. The van der Waals surface area contributed by atoms with Crippen LogP contribution in [0.2, 0.25) is 0 Å². The molecule has 19 heavy (non-hydrogen) atoms. The maximum absolute atomic E-state index is 11.3. The maximum atomic E-state index is 11.3. The van der Waals surface area contributed by atoms with Crippen LogP contribution < -0.4 is 4.74 Å². The Labute approximate surface area is 137 Å². The molecule has 0 bridgehead atoms. The first-order valence-corrected chi connectivity index (χ1v) is 7.83. The lowest BCUT2D eigenvalue weighted by molar-refractivity contribution is -0.141. The largest absolute Gasteiger partial charge is 0.485 e. The van der Waals surface area contributed by atoms with Gasteiger partial charge in [0.1, 0.15) is 18.5 Å². The highest BCUT2D eigenvalue weighted by atomic mass is 79.9. The van der Waals surface area contributed by atoms with Crippen molar-refractivity contribution in [3.05, 3.63) is 37.7 Å². The number of hydrogen-bond donors (Lipinski definition) is 0. The molecule has 1 rings (SSSR count). The Kier molecular flexibility index (Phi) is 6.56. The fourth-order valence-electron chi connectivity index (χ4n) is 1.19. The van der Waals surface area contributed by atoms with Crippen molar-refractivity contribution < 1.29 is 14.3 Å². The van der Waals surface area contributed by atoms with Gasteiger partial charge in [-0.15, -0.1) is 0 Å². The number of halogens is 3. The fraction of sp³-hybridized carbons (Fsp3) is 0.308. The molecule has 0 saturated heterocycles. The Morgan fingerprint density at radius 3 is 2.32 bits per heavy atom. The van der Waals surface area contributed by atoms with Crippen molar-refractivity contribution in [3.63, 3.8) is 0 Å². The SMILES string of the molecule is C=C(C)C(=O)OCC(C)Oc1c(Br)cc(Br)cc1Br. The number of benzene rings is 1. The Balaban J connectivity index is 2.65. The maximum Gasteiger partial charge on any atom is 0.333 e. The van der Waals surface area contributed by atoms with E-state index in [1.54, 1.807) is 6.92 Å². The molecule has 0 aliphatic carbocycles. The minimum Gasteiger partial charge on any atom is -0.485 e. The van der Waals surface area contributed by atoms with Crippen LogP contribution in [0, 0.1) is 0 Å². The lowest BCUT2D eigenvalue weighted by atomic mass is 10.3. The third kappa shape index (κ3) is 5.28. The monoisotopic (exact) mass is 454 g/mol. The third-order valence-corrected chi connectivity index (χ3v) is 3.72. The quantitative estimate of drug-likeness (QED) is 0.469. The second-order valence-electron chi connectivity index (χ2n) is 4.01. The van der Waals surface area contributed by atoms with Crippen molar-refractivity contribution in [2.75, 3.05) is 6.61 Å². The molecule has 1 aromatic carbocycles. The number of rotatable bonds is 5. The summed E-state index contributed by atoms with van der Waals surface area (Å²) in [6.45, 7) is 7.12. The van der Waals surface area contributed by atoms with E-state index in [9.17, 15) is 4.79 Å². The number of carbonyl (C=O) groups is 1. The van der Waals surface area contributed by atoms with Crippen LogP contribution in [0.1, 0.15) is 13.8 Å². The fourth-order valence-corrected chi connectivity index (χ4v) is 3.64. The molecule has 104 valence electrons. The van der Waals surface area contributed by atoms with Crippen molar-refractivity contribution in [3.8, 4) is 5.75 Å². The summed E-state index contributed by atoms with van der Waals surface area (Å²) in [6, 6.07) is 3.76. The highest BCUT2D eigenvalue weighted by Gasteiger charge is 2.14. The van der Waals surface area contributed by atoms with Crippen molar-refractivity contribution in [1.29, 1.82) is 0 Å². The van der Waals surface area contributed by atoms with Gasteiger partial charge in [0, 0.05) is 10.0 Å². The van der Waals surface area contributed by atoms with Crippen LogP contribution in [0.4, 0.5) is 0 Å². The highest BCUT2D eigenvalue weighted by Crippen LogP contribution is 2.36. The zero-order chi connectivity index (χ0) is 14.6. The molecule has 0 aromatic heterocycles. The van der Waals surface area contributed by atoms with Gasteiger partial charge in [-0.25, -0.2) is 4.79 Å². The Hall–Kier alpha value is -0.330. The molecule has 3 nitrogen and oxygen atoms in total. The lowest BCUT2D eigenvalue weighted by Gasteiger charge is -2.17. The smallest absolute Gasteiger partial charge is 0.333 e. The van der Waals surface area contributed by atoms with Gasteiger partial charge in [0.25, 0.3) is 0 Å². The van der Waals surface area contributed by atoms with Gasteiger partial charge in [0.15, 0.2) is 0 Å².